The largest absolute Gasteiger partial charge is 0.316 e. The number of rotatable bonds is 4. The summed E-state index contributed by atoms with van der Waals surface area (Å²) in [5.74, 6) is -0.184. The van der Waals surface area contributed by atoms with Crippen molar-refractivity contribution in [3.63, 3.8) is 0 Å². The normalized spacial score (nSPS) is 22.9. The summed E-state index contributed by atoms with van der Waals surface area (Å²) in [6.07, 6.45) is 0.375. The third-order valence-corrected chi connectivity index (χ3v) is 2.29. The van der Waals surface area contributed by atoms with Gasteiger partial charge in [-0.15, -0.1) is 0 Å². The zero-order valence-corrected chi connectivity index (χ0v) is 8.17. The Kier molecular flexibility index (Phi) is 3.42. The Morgan fingerprint density at radius 2 is 2.15 bits per heavy atom. The zero-order valence-electron chi connectivity index (χ0n) is 8.17. The van der Waals surface area contributed by atoms with Crippen LogP contribution in [0.1, 0.15) is 20.3 Å². The van der Waals surface area contributed by atoms with Crippen LogP contribution in [-0.2, 0) is 9.59 Å². The molecular formula is C9H16N2O2. The number of carbonyl (C=O) groups excluding carboxylic acids is 2. The molecule has 4 nitrogen and oxygen atoms in total. The second-order valence-corrected chi connectivity index (χ2v) is 3.18. The highest BCUT2D eigenvalue weighted by molar-refractivity contribution is 6.03. The lowest BCUT2D eigenvalue weighted by atomic mass is 10.1. The lowest BCUT2D eigenvalue weighted by molar-refractivity contribution is -0.139. The van der Waals surface area contributed by atoms with E-state index in [1.807, 2.05) is 13.8 Å². The molecule has 0 saturated carbocycles. The van der Waals surface area contributed by atoms with Gasteiger partial charge in [-0.25, -0.2) is 0 Å². The van der Waals surface area contributed by atoms with E-state index in [0.717, 1.165) is 6.54 Å². The fourth-order valence-electron chi connectivity index (χ4n) is 1.56. The van der Waals surface area contributed by atoms with Crippen molar-refractivity contribution < 1.29 is 9.59 Å². The Labute approximate surface area is 78.3 Å². The first-order valence-electron chi connectivity index (χ1n) is 4.75. The van der Waals surface area contributed by atoms with Crippen LogP contribution >= 0.6 is 0 Å². The Hall–Kier alpha value is -0.900. The average molecular weight is 184 g/mol. The van der Waals surface area contributed by atoms with Crippen LogP contribution in [0, 0.1) is 5.92 Å². The van der Waals surface area contributed by atoms with E-state index in [2.05, 4.69) is 5.32 Å². The highest BCUT2D eigenvalue weighted by atomic mass is 16.2. The molecule has 1 fully saturated rings. The second kappa shape index (κ2) is 4.37. The van der Waals surface area contributed by atoms with Gasteiger partial charge in [0, 0.05) is 19.5 Å². The van der Waals surface area contributed by atoms with E-state index in [0.29, 0.717) is 19.5 Å². The minimum absolute atomic E-state index is 0.0200. The molecule has 1 rings (SSSR count). The molecule has 0 spiro atoms. The van der Waals surface area contributed by atoms with E-state index >= 15 is 0 Å². The van der Waals surface area contributed by atoms with Gasteiger partial charge in [-0.05, 0) is 13.5 Å². The summed E-state index contributed by atoms with van der Waals surface area (Å²) in [4.78, 5) is 24.1. The van der Waals surface area contributed by atoms with E-state index < -0.39 is 0 Å². The van der Waals surface area contributed by atoms with Gasteiger partial charge >= 0.3 is 0 Å². The third-order valence-electron chi connectivity index (χ3n) is 2.29. The molecule has 0 bridgehead atoms. The number of nitrogens with zero attached hydrogens (tertiary/aromatic N) is 1. The van der Waals surface area contributed by atoms with Crippen LogP contribution in [0.15, 0.2) is 0 Å². The van der Waals surface area contributed by atoms with E-state index in [9.17, 15) is 9.59 Å². The van der Waals surface area contributed by atoms with Gasteiger partial charge in [0.15, 0.2) is 0 Å². The molecule has 0 aromatic heterocycles. The minimum Gasteiger partial charge on any atom is -0.316 e. The molecule has 1 aliphatic rings. The molecule has 74 valence electrons. The number of carbonyl (C=O) groups is 2. The maximum atomic E-state index is 11.5. The first-order chi connectivity index (χ1) is 6.20. The molecular weight excluding hydrogens is 168 g/mol. The Bertz CT molecular complexity index is 216. The molecule has 0 aromatic carbocycles. The van der Waals surface area contributed by atoms with E-state index in [4.69, 9.17) is 0 Å². The number of nitrogens with one attached hydrogen (secondary N) is 1. The molecule has 4 heteroatoms. The first-order valence-corrected chi connectivity index (χ1v) is 4.75. The van der Waals surface area contributed by atoms with E-state index in [1.165, 1.54) is 4.90 Å². The number of amides is 2. The predicted octanol–water partition coefficient (Wildman–Crippen LogP) is -0.00910. The van der Waals surface area contributed by atoms with E-state index in [-0.39, 0.29) is 17.7 Å². The molecule has 0 radical (unpaired) electrons. The van der Waals surface area contributed by atoms with Gasteiger partial charge in [0.1, 0.15) is 0 Å². The van der Waals surface area contributed by atoms with Gasteiger partial charge in [0.25, 0.3) is 0 Å². The minimum atomic E-state index is -0.132. The van der Waals surface area contributed by atoms with Crippen molar-refractivity contribution >= 4 is 11.8 Å². The fourth-order valence-corrected chi connectivity index (χ4v) is 1.56. The van der Waals surface area contributed by atoms with Gasteiger partial charge in [-0.1, -0.05) is 6.92 Å². The summed E-state index contributed by atoms with van der Waals surface area (Å²) >= 11 is 0. The van der Waals surface area contributed by atoms with Crippen molar-refractivity contribution in [1.29, 1.82) is 0 Å². The standard InChI is InChI=1S/C9H16N2O2/c1-3-10-6-7-5-8(12)11(4-2)9(7)13/h7,10H,3-6H2,1-2H3. The predicted molar refractivity (Wildman–Crippen MR) is 49.0 cm³/mol. The van der Waals surface area contributed by atoms with E-state index in [1.54, 1.807) is 0 Å². The highest BCUT2D eigenvalue weighted by Crippen LogP contribution is 2.18. The van der Waals surface area contributed by atoms with Crippen LogP contribution in [0.2, 0.25) is 0 Å². The summed E-state index contributed by atoms with van der Waals surface area (Å²) < 4.78 is 0. The molecule has 1 aliphatic heterocycles. The monoisotopic (exact) mass is 184 g/mol. The lowest BCUT2D eigenvalue weighted by Gasteiger charge is -2.11. The summed E-state index contributed by atoms with van der Waals surface area (Å²) in [5, 5.41) is 3.09. The van der Waals surface area contributed by atoms with Gasteiger partial charge < -0.3 is 5.32 Å². The average Bonchev–Trinajstić information content (AvgIpc) is 2.38. The quantitative estimate of drug-likeness (QED) is 0.625. The molecule has 1 saturated heterocycles. The number of likely N-dealkylation sites (tertiary alicyclic amines) is 1. The highest BCUT2D eigenvalue weighted by Gasteiger charge is 2.36. The molecule has 13 heavy (non-hydrogen) atoms. The van der Waals surface area contributed by atoms with Crippen LogP contribution in [-0.4, -0.2) is 36.3 Å². The first kappa shape index (κ1) is 10.2. The Morgan fingerprint density at radius 1 is 1.46 bits per heavy atom. The van der Waals surface area contributed by atoms with Crippen molar-refractivity contribution in [2.45, 2.75) is 20.3 Å². The van der Waals surface area contributed by atoms with Crippen LogP contribution in [0.5, 0.6) is 0 Å². The summed E-state index contributed by atoms with van der Waals surface area (Å²) in [5.41, 5.74) is 0. The molecule has 0 aromatic rings. The maximum Gasteiger partial charge on any atom is 0.234 e. The number of imide groups is 1. The zero-order chi connectivity index (χ0) is 9.84. The molecule has 1 heterocycles. The summed E-state index contributed by atoms with van der Waals surface area (Å²) in [6.45, 7) is 5.77. The number of hydrogen-bond donors (Lipinski definition) is 1. The fraction of sp³-hybridized carbons (Fsp3) is 0.778. The maximum absolute atomic E-state index is 11.5. The van der Waals surface area contributed by atoms with Gasteiger partial charge in [-0.2, -0.15) is 0 Å². The topological polar surface area (TPSA) is 49.4 Å². The molecule has 0 aliphatic carbocycles. The lowest BCUT2D eigenvalue weighted by Crippen LogP contribution is -2.33. The van der Waals surface area contributed by atoms with Gasteiger partial charge in [0.2, 0.25) is 11.8 Å². The smallest absolute Gasteiger partial charge is 0.234 e. The Morgan fingerprint density at radius 3 is 2.62 bits per heavy atom. The summed E-state index contributed by atoms with van der Waals surface area (Å²) in [7, 11) is 0. The second-order valence-electron chi connectivity index (χ2n) is 3.18. The van der Waals surface area contributed by atoms with Crippen LogP contribution in [0.4, 0.5) is 0 Å². The van der Waals surface area contributed by atoms with Crippen molar-refractivity contribution in [2.24, 2.45) is 5.92 Å². The van der Waals surface area contributed by atoms with Gasteiger partial charge in [-0.3, -0.25) is 14.5 Å². The molecule has 1 N–H and O–H groups in total. The molecule has 1 unspecified atom stereocenters. The molecule has 1 atom stereocenters. The van der Waals surface area contributed by atoms with Gasteiger partial charge in [0.05, 0.1) is 5.92 Å². The van der Waals surface area contributed by atoms with Crippen molar-refractivity contribution in [2.75, 3.05) is 19.6 Å². The Balaban J connectivity index is 2.52. The van der Waals surface area contributed by atoms with Crippen molar-refractivity contribution in [3.8, 4) is 0 Å². The summed E-state index contributed by atoms with van der Waals surface area (Å²) in [6, 6.07) is 0. The third kappa shape index (κ3) is 2.06. The van der Waals surface area contributed by atoms with Crippen molar-refractivity contribution in [3.05, 3.63) is 0 Å². The van der Waals surface area contributed by atoms with Crippen LogP contribution in [0.25, 0.3) is 0 Å². The van der Waals surface area contributed by atoms with Crippen LogP contribution in [0.3, 0.4) is 0 Å². The SMILES string of the molecule is CCNCC1CC(=O)N(CC)C1=O. The number of hydrogen-bond acceptors (Lipinski definition) is 3. The van der Waals surface area contributed by atoms with Crippen LogP contribution < -0.4 is 5.32 Å². The molecule has 2 amide bonds. The van der Waals surface area contributed by atoms with Crippen molar-refractivity contribution in [1.82, 2.24) is 10.2 Å².